The molecule has 0 aromatic heterocycles. The van der Waals surface area contributed by atoms with Gasteiger partial charge in [-0.15, -0.1) is 0 Å². The molecule has 0 spiro atoms. The zero-order valence-corrected chi connectivity index (χ0v) is 19.0. The van der Waals surface area contributed by atoms with Crippen LogP contribution in [0.1, 0.15) is 23.1 Å². The molecule has 0 bridgehead atoms. The number of hydrogen-bond acceptors (Lipinski definition) is 7. The van der Waals surface area contributed by atoms with Crippen molar-refractivity contribution in [1.82, 2.24) is 15.1 Å². The van der Waals surface area contributed by atoms with E-state index in [2.05, 4.69) is 5.32 Å². The van der Waals surface area contributed by atoms with E-state index < -0.39 is 18.0 Å². The normalized spacial score (nSPS) is 18.6. The van der Waals surface area contributed by atoms with Gasteiger partial charge in [-0.3, -0.25) is 14.5 Å². The molecule has 3 aliphatic rings. The molecule has 3 heterocycles. The number of benzene rings is 2. The quantitative estimate of drug-likeness (QED) is 0.646. The molecule has 0 radical (unpaired) electrons. The first kappa shape index (κ1) is 21.9. The zero-order valence-electron chi connectivity index (χ0n) is 19.0. The molecule has 2 aromatic rings. The molecule has 0 aliphatic carbocycles. The lowest BCUT2D eigenvalue weighted by molar-refractivity contribution is -0.136. The van der Waals surface area contributed by atoms with Crippen molar-refractivity contribution in [3.63, 3.8) is 0 Å². The average molecular weight is 467 g/mol. The van der Waals surface area contributed by atoms with Gasteiger partial charge >= 0.3 is 6.03 Å². The van der Waals surface area contributed by atoms with E-state index in [9.17, 15) is 14.4 Å². The minimum absolute atomic E-state index is 0.0880. The van der Waals surface area contributed by atoms with E-state index in [1.165, 1.54) is 0 Å². The van der Waals surface area contributed by atoms with Crippen molar-refractivity contribution in [2.45, 2.75) is 32.0 Å². The molecule has 10 heteroatoms. The Morgan fingerprint density at radius 3 is 2.56 bits per heavy atom. The monoisotopic (exact) mass is 467 g/mol. The van der Waals surface area contributed by atoms with Crippen LogP contribution in [0.4, 0.5) is 4.79 Å². The van der Waals surface area contributed by atoms with Crippen LogP contribution in [0.2, 0.25) is 0 Å². The lowest BCUT2D eigenvalue weighted by Gasteiger charge is -2.30. The van der Waals surface area contributed by atoms with Crippen LogP contribution in [0.5, 0.6) is 23.0 Å². The molecule has 34 heavy (non-hydrogen) atoms. The summed E-state index contributed by atoms with van der Waals surface area (Å²) in [6.45, 7) is 1.17. The number of nitrogens with one attached hydrogen (secondary N) is 1. The van der Waals surface area contributed by atoms with Crippen LogP contribution in [0.15, 0.2) is 30.3 Å². The summed E-state index contributed by atoms with van der Waals surface area (Å²) >= 11 is 0. The van der Waals surface area contributed by atoms with Gasteiger partial charge in [0.25, 0.3) is 5.91 Å². The lowest BCUT2D eigenvalue weighted by Crippen LogP contribution is -2.41. The number of fused-ring (bicyclic) bond motifs is 2. The third-order valence-electron chi connectivity index (χ3n) is 6.33. The molecule has 3 aliphatic heterocycles. The highest BCUT2D eigenvalue weighted by Gasteiger charge is 2.40. The van der Waals surface area contributed by atoms with Crippen molar-refractivity contribution in [3.05, 3.63) is 47.0 Å². The van der Waals surface area contributed by atoms with Crippen molar-refractivity contribution in [1.29, 1.82) is 0 Å². The molecule has 0 saturated carbocycles. The van der Waals surface area contributed by atoms with Crippen LogP contribution in [0.3, 0.4) is 0 Å². The van der Waals surface area contributed by atoms with Crippen LogP contribution in [-0.2, 0) is 29.1 Å². The number of carbonyl (C=O) groups is 3. The van der Waals surface area contributed by atoms with Crippen molar-refractivity contribution in [2.24, 2.45) is 0 Å². The third-order valence-corrected chi connectivity index (χ3v) is 6.33. The molecular formula is C24H25N3O7. The molecule has 2 aromatic carbocycles. The summed E-state index contributed by atoms with van der Waals surface area (Å²) in [6, 6.07) is 7.68. The van der Waals surface area contributed by atoms with E-state index in [1.807, 2.05) is 12.1 Å². The van der Waals surface area contributed by atoms with E-state index in [-0.39, 0.29) is 25.7 Å². The summed E-state index contributed by atoms with van der Waals surface area (Å²) in [7, 11) is 3.16. The molecule has 4 amide bonds. The van der Waals surface area contributed by atoms with E-state index in [0.29, 0.717) is 42.5 Å². The maximum atomic E-state index is 13.0. The first-order valence-corrected chi connectivity index (χ1v) is 11.0. The van der Waals surface area contributed by atoms with Crippen molar-refractivity contribution >= 4 is 17.8 Å². The van der Waals surface area contributed by atoms with E-state index >= 15 is 0 Å². The molecule has 10 nitrogen and oxygen atoms in total. The number of rotatable bonds is 6. The Hall–Kier alpha value is -3.95. The predicted molar refractivity (Wildman–Crippen MR) is 119 cm³/mol. The number of methoxy groups -OCH3 is 2. The van der Waals surface area contributed by atoms with Gasteiger partial charge in [0, 0.05) is 13.1 Å². The number of nitrogens with zero attached hydrogens (tertiary/aromatic N) is 2. The van der Waals surface area contributed by atoms with Gasteiger partial charge in [-0.1, -0.05) is 6.07 Å². The van der Waals surface area contributed by atoms with E-state index in [4.69, 9.17) is 18.9 Å². The molecule has 178 valence electrons. The Morgan fingerprint density at radius 1 is 1.06 bits per heavy atom. The van der Waals surface area contributed by atoms with Crippen LogP contribution >= 0.6 is 0 Å². The van der Waals surface area contributed by atoms with Crippen molar-refractivity contribution in [2.75, 3.05) is 27.6 Å². The second kappa shape index (κ2) is 8.77. The molecule has 5 rings (SSSR count). The summed E-state index contributed by atoms with van der Waals surface area (Å²) in [6.07, 6.45) is 0.577. The number of ether oxygens (including phenoxy) is 4. The van der Waals surface area contributed by atoms with Gasteiger partial charge in [-0.25, -0.2) is 4.79 Å². The second-order valence-corrected chi connectivity index (χ2v) is 8.36. The number of carbonyl (C=O) groups excluding carboxylic acids is 3. The Morgan fingerprint density at radius 2 is 1.79 bits per heavy atom. The van der Waals surface area contributed by atoms with Crippen LogP contribution in [0.25, 0.3) is 0 Å². The smallest absolute Gasteiger partial charge is 0.325 e. The van der Waals surface area contributed by atoms with Crippen molar-refractivity contribution in [3.8, 4) is 23.0 Å². The van der Waals surface area contributed by atoms with E-state index in [1.54, 1.807) is 37.3 Å². The fourth-order valence-corrected chi connectivity index (χ4v) is 4.49. The van der Waals surface area contributed by atoms with Gasteiger partial charge < -0.3 is 29.2 Å². The summed E-state index contributed by atoms with van der Waals surface area (Å²) in [5.74, 6) is 1.86. The number of hydrogen-bond donors (Lipinski definition) is 1. The second-order valence-electron chi connectivity index (χ2n) is 8.36. The first-order chi connectivity index (χ1) is 16.5. The van der Waals surface area contributed by atoms with E-state index in [0.717, 1.165) is 21.6 Å². The van der Waals surface area contributed by atoms with Gasteiger partial charge in [0.1, 0.15) is 6.04 Å². The lowest BCUT2D eigenvalue weighted by atomic mass is 9.98. The standard InChI is InChI=1S/C24H25N3O7/c1-31-19-8-15-5-6-26(12-16(15)9-20(19)32-2)22(28)10-17-23(29)27(24(30)25-17)11-14-3-4-18-21(7-14)34-13-33-18/h3-4,7-9,17H,5-6,10-13H2,1-2H3,(H,25,30)/t17-/m1/s1. The van der Waals surface area contributed by atoms with Crippen LogP contribution in [-0.4, -0.2) is 61.2 Å². The highest BCUT2D eigenvalue weighted by Crippen LogP contribution is 2.34. The predicted octanol–water partition coefficient (Wildman–Crippen LogP) is 1.83. The van der Waals surface area contributed by atoms with Gasteiger partial charge in [-0.2, -0.15) is 0 Å². The fraction of sp³-hybridized carbons (Fsp3) is 0.375. The summed E-state index contributed by atoms with van der Waals surface area (Å²) < 4.78 is 21.4. The number of amides is 4. The zero-order chi connectivity index (χ0) is 23.8. The molecule has 1 atom stereocenters. The summed E-state index contributed by atoms with van der Waals surface area (Å²) in [4.78, 5) is 41.2. The molecule has 1 N–H and O–H groups in total. The van der Waals surface area contributed by atoms with Gasteiger partial charge in [0.15, 0.2) is 23.0 Å². The summed E-state index contributed by atoms with van der Waals surface area (Å²) in [5, 5.41) is 2.65. The Labute approximate surface area is 196 Å². The Balaban J connectivity index is 1.23. The Kier molecular flexibility index (Phi) is 5.64. The summed E-state index contributed by atoms with van der Waals surface area (Å²) in [5.41, 5.74) is 2.81. The maximum Gasteiger partial charge on any atom is 0.325 e. The molecule has 1 saturated heterocycles. The Bertz CT molecular complexity index is 1170. The van der Waals surface area contributed by atoms with Gasteiger partial charge in [0.2, 0.25) is 12.7 Å². The fourth-order valence-electron chi connectivity index (χ4n) is 4.49. The van der Waals surface area contributed by atoms with Gasteiger partial charge in [0.05, 0.1) is 27.2 Å². The first-order valence-electron chi connectivity index (χ1n) is 11.0. The maximum absolute atomic E-state index is 13.0. The van der Waals surface area contributed by atoms with Crippen LogP contribution < -0.4 is 24.3 Å². The number of urea groups is 1. The van der Waals surface area contributed by atoms with Gasteiger partial charge in [-0.05, 0) is 47.4 Å². The molecule has 1 fully saturated rings. The minimum atomic E-state index is -0.888. The molecular weight excluding hydrogens is 442 g/mol. The number of imide groups is 1. The minimum Gasteiger partial charge on any atom is -0.493 e. The average Bonchev–Trinajstić information content (AvgIpc) is 3.42. The van der Waals surface area contributed by atoms with Crippen LogP contribution in [0, 0.1) is 0 Å². The SMILES string of the molecule is COc1cc2c(cc1OC)CN(C(=O)C[C@H]1NC(=O)N(Cc3ccc4c(c3)OCO4)C1=O)CC2. The van der Waals surface area contributed by atoms with Crippen molar-refractivity contribution < 1.29 is 33.3 Å². The third kappa shape index (κ3) is 3.95. The largest absolute Gasteiger partial charge is 0.493 e. The molecule has 0 unspecified atom stereocenters. The topological polar surface area (TPSA) is 107 Å². The highest BCUT2D eigenvalue weighted by atomic mass is 16.7. The highest BCUT2D eigenvalue weighted by molar-refractivity contribution is 6.05.